The molecule has 1 fully saturated rings. The number of nitrogens with one attached hydrogen (secondary N) is 2. The van der Waals surface area contributed by atoms with Gasteiger partial charge in [0.05, 0.1) is 23.5 Å². The lowest BCUT2D eigenvalue weighted by Crippen LogP contribution is -2.54. The highest BCUT2D eigenvalue weighted by Crippen LogP contribution is 2.30. The van der Waals surface area contributed by atoms with Crippen molar-refractivity contribution in [1.82, 2.24) is 30.8 Å². The maximum atomic E-state index is 13.6. The van der Waals surface area contributed by atoms with Crippen LogP contribution in [0.5, 0.6) is 0 Å². The topological polar surface area (TPSA) is 138 Å². The Bertz CT molecular complexity index is 1420. The average molecular weight is 591 g/mol. The van der Waals surface area contributed by atoms with Gasteiger partial charge < -0.3 is 20.6 Å². The highest BCUT2D eigenvalue weighted by atomic mass is 32.2. The van der Waals surface area contributed by atoms with E-state index in [2.05, 4.69) is 26.2 Å². The monoisotopic (exact) mass is 590 g/mol. The molecule has 42 heavy (non-hydrogen) atoms. The Balaban J connectivity index is 1.36. The van der Waals surface area contributed by atoms with Crippen LogP contribution in [0.1, 0.15) is 55.2 Å². The Kier molecular flexibility index (Phi) is 9.53. The first kappa shape index (κ1) is 29.7. The highest BCUT2D eigenvalue weighted by molar-refractivity contribution is 7.99. The second-order valence-electron chi connectivity index (χ2n) is 11.1. The summed E-state index contributed by atoms with van der Waals surface area (Å²) in [6.07, 6.45) is 4.32. The molecule has 1 aromatic heterocycles. The summed E-state index contributed by atoms with van der Waals surface area (Å²) in [6, 6.07) is 14.5. The Morgan fingerprint density at radius 3 is 2.55 bits per heavy atom. The molecule has 0 saturated heterocycles. The highest BCUT2D eigenvalue weighted by Gasteiger charge is 2.33. The Morgan fingerprint density at radius 2 is 1.83 bits per heavy atom. The maximum absolute atomic E-state index is 13.6. The van der Waals surface area contributed by atoms with E-state index in [-0.39, 0.29) is 5.91 Å². The Hall–Kier alpha value is -3.77. The minimum absolute atomic E-state index is 0.308. The minimum atomic E-state index is -1.15. The summed E-state index contributed by atoms with van der Waals surface area (Å²) in [4.78, 5) is 33.4. The first-order chi connectivity index (χ1) is 20.3. The summed E-state index contributed by atoms with van der Waals surface area (Å²) in [5.41, 5.74) is 4.11. The van der Waals surface area contributed by atoms with Crippen LogP contribution in [0, 0.1) is 12.8 Å². The molecule has 1 aliphatic heterocycles. The molecule has 3 amide bonds. The molecule has 0 spiro atoms. The molecule has 0 radical (unpaired) electrons. The molecular formula is C30H38N8O3S. The van der Waals surface area contributed by atoms with Crippen molar-refractivity contribution in [1.29, 1.82) is 0 Å². The number of aliphatic hydroxyl groups is 1. The molecule has 3 atom stereocenters. The number of fused-ring (bicyclic) bond motifs is 1. The zero-order chi connectivity index (χ0) is 29.6. The average Bonchev–Trinajstić information content (AvgIpc) is 3.38. The van der Waals surface area contributed by atoms with E-state index in [9.17, 15) is 14.7 Å². The SMILES string of the molecule is Cc1ccc(C2=NC(NC(=O)N[C@@H](CC3CCCCC3)C(O)CSc3nnnn3C)C(=O)N(C)c3ccccc32)cc1. The largest absolute Gasteiger partial charge is 0.390 e. The smallest absolute Gasteiger partial charge is 0.317 e. The molecule has 12 heteroatoms. The van der Waals surface area contributed by atoms with Gasteiger partial charge in [-0.3, -0.25) is 4.79 Å². The molecule has 2 unspecified atom stereocenters. The standard InChI is InChI=1S/C30H38N8O3S/c1-19-13-15-21(16-14-19)26-22-11-7-8-12-24(22)37(2)28(40)27(32-26)33-29(41)31-23(17-20-9-5-4-6-10-20)25(39)18-42-30-34-35-36-38(30)3/h7-8,11-16,20,23,25,27,39H,4-6,9-10,17-18H2,1-3H3,(H2,31,33,41)/t23-,25?,27?/m0/s1. The molecule has 2 aliphatic rings. The lowest BCUT2D eigenvalue weighted by molar-refractivity contribution is -0.119. The number of benzodiazepines with no additional fused rings is 1. The number of urea groups is 1. The van der Waals surface area contributed by atoms with Gasteiger partial charge >= 0.3 is 6.03 Å². The van der Waals surface area contributed by atoms with Crippen LogP contribution in [0.3, 0.4) is 0 Å². The summed E-state index contributed by atoms with van der Waals surface area (Å²) >= 11 is 1.33. The zero-order valence-electron chi connectivity index (χ0n) is 24.2. The van der Waals surface area contributed by atoms with E-state index in [0.29, 0.717) is 34.6 Å². The molecule has 0 bridgehead atoms. The van der Waals surface area contributed by atoms with E-state index in [1.54, 1.807) is 18.8 Å². The number of aliphatic hydroxyl groups excluding tert-OH is 1. The van der Waals surface area contributed by atoms with E-state index >= 15 is 0 Å². The Labute approximate surface area is 250 Å². The number of hydrogen-bond acceptors (Lipinski definition) is 8. The molecule has 1 saturated carbocycles. The minimum Gasteiger partial charge on any atom is -0.390 e. The second-order valence-corrected chi connectivity index (χ2v) is 12.1. The van der Waals surface area contributed by atoms with Crippen LogP contribution in [-0.4, -0.2) is 74.1 Å². The van der Waals surface area contributed by atoms with Crippen molar-refractivity contribution in [2.45, 2.75) is 68.9 Å². The van der Waals surface area contributed by atoms with Crippen LogP contribution in [0.15, 0.2) is 58.7 Å². The number of likely N-dealkylation sites (N-methyl/N-ethyl adjacent to an activating group) is 1. The normalized spacial score (nSPS) is 19.0. The van der Waals surface area contributed by atoms with Gasteiger partial charge in [0.1, 0.15) is 0 Å². The van der Waals surface area contributed by atoms with Crippen LogP contribution >= 0.6 is 11.8 Å². The number of nitrogens with zero attached hydrogens (tertiary/aromatic N) is 6. The molecular weight excluding hydrogens is 552 g/mol. The fourth-order valence-corrected chi connectivity index (χ4v) is 6.48. The number of carbonyl (C=O) groups is 2. The van der Waals surface area contributed by atoms with Gasteiger partial charge in [-0.25, -0.2) is 14.5 Å². The van der Waals surface area contributed by atoms with Gasteiger partial charge in [0.15, 0.2) is 0 Å². The second kappa shape index (κ2) is 13.5. The number of aromatic nitrogens is 4. The molecule has 1 aliphatic carbocycles. The van der Waals surface area contributed by atoms with Gasteiger partial charge in [-0.1, -0.05) is 91.9 Å². The number of hydrogen-bond donors (Lipinski definition) is 3. The number of benzene rings is 2. The zero-order valence-corrected chi connectivity index (χ0v) is 25.0. The van der Waals surface area contributed by atoms with Crippen LogP contribution in [0.25, 0.3) is 0 Å². The van der Waals surface area contributed by atoms with Gasteiger partial charge in [0, 0.05) is 31.0 Å². The van der Waals surface area contributed by atoms with Crippen LogP contribution < -0.4 is 15.5 Å². The lowest BCUT2D eigenvalue weighted by Gasteiger charge is -2.30. The first-order valence-electron chi connectivity index (χ1n) is 14.4. The van der Waals surface area contributed by atoms with E-state index in [4.69, 9.17) is 4.99 Å². The third-order valence-corrected chi connectivity index (χ3v) is 9.11. The maximum Gasteiger partial charge on any atom is 0.317 e. The van der Waals surface area contributed by atoms with E-state index in [0.717, 1.165) is 42.4 Å². The van der Waals surface area contributed by atoms with Gasteiger partial charge in [-0.05, 0) is 35.8 Å². The Morgan fingerprint density at radius 1 is 1.10 bits per heavy atom. The van der Waals surface area contributed by atoms with Gasteiger partial charge in [0.25, 0.3) is 5.91 Å². The number of para-hydroxylation sites is 1. The van der Waals surface area contributed by atoms with E-state index < -0.39 is 24.3 Å². The number of aliphatic imine (C=N–C) groups is 1. The molecule has 2 aromatic carbocycles. The van der Waals surface area contributed by atoms with Crippen molar-refractivity contribution >= 4 is 35.1 Å². The van der Waals surface area contributed by atoms with Crippen molar-refractivity contribution in [3.8, 4) is 0 Å². The number of tetrazole rings is 1. The van der Waals surface area contributed by atoms with Crippen LogP contribution in [0.4, 0.5) is 10.5 Å². The summed E-state index contributed by atoms with van der Waals surface area (Å²) in [6.45, 7) is 2.01. The molecule has 5 rings (SSSR count). The van der Waals surface area contributed by atoms with E-state index in [1.807, 2.05) is 55.5 Å². The third-order valence-electron chi connectivity index (χ3n) is 7.99. The number of rotatable bonds is 9. The summed E-state index contributed by atoms with van der Waals surface area (Å²) in [7, 11) is 3.43. The predicted molar refractivity (Wildman–Crippen MR) is 163 cm³/mol. The number of aryl methyl sites for hydroxylation is 2. The van der Waals surface area contributed by atoms with Crippen molar-refractivity contribution in [2.75, 3.05) is 17.7 Å². The molecule has 222 valence electrons. The quantitative estimate of drug-likeness (QED) is 0.325. The number of anilines is 1. The van der Waals surface area contributed by atoms with Gasteiger partial charge in [0.2, 0.25) is 11.3 Å². The molecule has 3 aromatic rings. The van der Waals surface area contributed by atoms with Crippen molar-refractivity contribution in [3.05, 3.63) is 65.2 Å². The fourth-order valence-electron chi connectivity index (χ4n) is 5.61. The summed E-state index contributed by atoms with van der Waals surface area (Å²) < 4.78 is 1.55. The van der Waals surface area contributed by atoms with Crippen molar-refractivity contribution < 1.29 is 14.7 Å². The number of carbonyl (C=O) groups excluding carboxylic acids is 2. The third kappa shape index (κ3) is 6.99. The van der Waals surface area contributed by atoms with Crippen molar-refractivity contribution in [3.63, 3.8) is 0 Å². The molecule has 3 N–H and O–H groups in total. The van der Waals surface area contributed by atoms with E-state index in [1.165, 1.54) is 23.1 Å². The number of amides is 3. The van der Waals surface area contributed by atoms with Crippen LogP contribution in [0.2, 0.25) is 0 Å². The lowest BCUT2D eigenvalue weighted by atomic mass is 9.84. The summed E-state index contributed by atoms with van der Waals surface area (Å²) in [5, 5.41) is 29.0. The van der Waals surface area contributed by atoms with Gasteiger partial charge in [-0.2, -0.15) is 0 Å². The fraction of sp³-hybridized carbons (Fsp3) is 0.467. The molecule has 2 heterocycles. The first-order valence-corrected chi connectivity index (χ1v) is 15.4. The molecule has 11 nitrogen and oxygen atoms in total. The van der Waals surface area contributed by atoms with Crippen molar-refractivity contribution in [2.24, 2.45) is 18.0 Å². The van der Waals surface area contributed by atoms with Gasteiger partial charge in [-0.15, -0.1) is 5.10 Å². The number of thioether (sulfide) groups is 1. The predicted octanol–water partition coefficient (Wildman–Crippen LogP) is 3.45. The van der Waals surface area contributed by atoms with Crippen LogP contribution in [-0.2, 0) is 11.8 Å². The summed E-state index contributed by atoms with van der Waals surface area (Å²) in [5.74, 6) is 0.364.